The Kier molecular flexibility index (Phi) is 8.00. The third-order valence-electron chi connectivity index (χ3n) is 6.48. The van der Waals surface area contributed by atoms with Gasteiger partial charge in [-0.3, -0.25) is 0 Å². The topological polar surface area (TPSA) is 9.23 Å². The standard InChI is InChI=1S/C26H46OSi5/c1-28(2,3)27-26(32(29(4,5)6,30(7,8)9)31(10,11)12)25(23-19-15-13-16-20-23)24-21-17-14-18-22-24/h13-22H,1-12H3. The van der Waals surface area contributed by atoms with E-state index in [0.29, 0.717) is 0 Å². The highest BCUT2D eigenvalue weighted by molar-refractivity contribution is 7.91. The van der Waals surface area contributed by atoms with E-state index in [1.807, 2.05) is 0 Å². The van der Waals surface area contributed by atoms with Crippen molar-refractivity contribution in [2.45, 2.75) is 78.6 Å². The lowest BCUT2D eigenvalue weighted by Crippen LogP contribution is -2.84. The molecule has 0 bridgehead atoms. The minimum atomic E-state index is -1.96. The molecule has 0 saturated heterocycles. The fourth-order valence-electron chi connectivity index (χ4n) is 6.66. The number of hydrogen-bond acceptors (Lipinski definition) is 1. The van der Waals surface area contributed by atoms with Crippen LogP contribution in [0.15, 0.2) is 66.0 Å². The van der Waals surface area contributed by atoms with E-state index in [0.717, 1.165) is 0 Å². The van der Waals surface area contributed by atoms with E-state index in [2.05, 4.69) is 139 Å². The summed E-state index contributed by atoms with van der Waals surface area (Å²) in [5, 5.41) is 1.48. The van der Waals surface area contributed by atoms with Gasteiger partial charge in [-0.2, -0.15) is 0 Å². The van der Waals surface area contributed by atoms with Gasteiger partial charge in [-0.1, -0.05) is 120 Å². The Morgan fingerprint density at radius 3 is 1.06 bits per heavy atom. The van der Waals surface area contributed by atoms with Crippen LogP contribution in [-0.2, 0) is 4.43 Å². The molecule has 0 atom stereocenters. The molecule has 0 aliphatic carbocycles. The van der Waals surface area contributed by atoms with E-state index in [-0.39, 0.29) is 0 Å². The van der Waals surface area contributed by atoms with E-state index in [1.54, 1.807) is 0 Å². The predicted molar refractivity (Wildman–Crippen MR) is 159 cm³/mol. The van der Waals surface area contributed by atoms with E-state index in [4.69, 9.17) is 4.43 Å². The average molecular weight is 515 g/mol. The normalized spacial score (nSPS) is 13.6. The van der Waals surface area contributed by atoms with Crippen LogP contribution < -0.4 is 0 Å². The zero-order valence-electron chi connectivity index (χ0n) is 22.7. The van der Waals surface area contributed by atoms with Gasteiger partial charge >= 0.3 is 0 Å². The van der Waals surface area contributed by atoms with Crippen LogP contribution in [0.1, 0.15) is 11.1 Å². The zero-order chi connectivity index (χ0) is 24.6. The fourth-order valence-corrected chi connectivity index (χ4v) is 108. The van der Waals surface area contributed by atoms with Crippen molar-refractivity contribution in [1.82, 2.24) is 0 Å². The van der Waals surface area contributed by atoms with Gasteiger partial charge in [0.2, 0.25) is 8.32 Å². The van der Waals surface area contributed by atoms with Crippen LogP contribution >= 0.6 is 0 Å². The SMILES string of the molecule is C[Si](C)(C)OC(=C(c1ccccc1)c1ccccc1)[Si]([Si](C)(C)C)([Si](C)(C)C)[Si](C)(C)C. The van der Waals surface area contributed by atoms with Crippen molar-refractivity contribution in [3.63, 3.8) is 0 Å². The molecule has 0 saturated carbocycles. The summed E-state index contributed by atoms with van der Waals surface area (Å²) in [5.74, 6) is 0. The van der Waals surface area contributed by atoms with E-state index in [1.165, 1.54) is 22.1 Å². The summed E-state index contributed by atoms with van der Waals surface area (Å²) in [6, 6.07) is 22.2. The first-order valence-electron chi connectivity index (χ1n) is 12.0. The Balaban J connectivity index is 3.24. The van der Waals surface area contributed by atoms with Gasteiger partial charge in [-0.05, 0) is 30.8 Å². The lowest BCUT2D eigenvalue weighted by molar-refractivity contribution is 0.459. The summed E-state index contributed by atoms with van der Waals surface area (Å²) >= 11 is 0. The van der Waals surface area contributed by atoms with Crippen molar-refractivity contribution in [3.05, 3.63) is 77.2 Å². The Labute approximate surface area is 202 Å². The number of benzene rings is 2. The second kappa shape index (κ2) is 9.37. The van der Waals surface area contributed by atoms with Crippen LogP contribution in [-0.4, -0.2) is 37.7 Å². The van der Waals surface area contributed by atoms with Crippen LogP contribution in [0.2, 0.25) is 78.6 Å². The molecule has 0 fully saturated rings. The Hall–Kier alpha value is -0.936. The van der Waals surface area contributed by atoms with Gasteiger partial charge < -0.3 is 4.43 Å². The molecular formula is C26H46OSi5. The lowest BCUT2D eigenvalue weighted by Gasteiger charge is -2.59. The molecule has 2 rings (SSSR count). The van der Waals surface area contributed by atoms with Gasteiger partial charge in [0.05, 0.1) is 5.38 Å². The molecule has 0 aliphatic rings. The van der Waals surface area contributed by atoms with Crippen LogP contribution in [0.3, 0.4) is 0 Å². The highest BCUT2D eigenvalue weighted by Gasteiger charge is 2.66. The minimum absolute atomic E-state index is 1.32. The smallest absolute Gasteiger partial charge is 0.241 e. The van der Waals surface area contributed by atoms with Gasteiger partial charge in [-0.25, -0.2) is 0 Å². The van der Waals surface area contributed by atoms with E-state index in [9.17, 15) is 0 Å². The monoisotopic (exact) mass is 514 g/mol. The van der Waals surface area contributed by atoms with Gasteiger partial charge in [0.25, 0.3) is 0 Å². The van der Waals surface area contributed by atoms with Crippen molar-refractivity contribution in [2.75, 3.05) is 0 Å². The Bertz CT molecular complexity index is 847. The molecule has 0 spiro atoms. The van der Waals surface area contributed by atoms with Crippen molar-refractivity contribution >= 4 is 43.3 Å². The van der Waals surface area contributed by atoms with Crippen molar-refractivity contribution in [1.29, 1.82) is 0 Å². The lowest BCUT2D eigenvalue weighted by atomic mass is 9.99. The van der Waals surface area contributed by atoms with E-state index < -0.39 is 37.7 Å². The molecule has 2 aromatic rings. The molecule has 0 N–H and O–H groups in total. The van der Waals surface area contributed by atoms with Gasteiger partial charge in [-0.15, -0.1) is 0 Å². The van der Waals surface area contributed by atoms with Crippen LogP contribution in [0.4, 0.5) is 0 Å². The largest absolute Gasteiger partial charge is 0.551 e. The fraction of sp³-hybridized carbons (Fsp3) is 0.462. The molecular weight excluding hydrogens is 469 g/mol. The maximum absolute atomic E-state index is 7.44. The third-order valence-corrected chi connectivity index (χ3v) is 78.1. The van der Waals surface area contributed by atoms with Gasteiger partial charge in [0.1, 0.15) is 6.63 Å². The van der Waals surface area contributed by atoms with Crippen molar-refractivity contribution in [2.24, 2.45) is 0 Å². The summed E-state index contributed by atoms with van der Waals surface area (Å²) in [7, 11) is -6.64. The predicted octanol–water partition coefficient (Wildman–Crippen LogP) is 8.54. The molecule has 32 heavy (non-hydrogen) atoms. The summed E-state index contributed by atoms with van der Waals surface area (Å²) in [5.41, 5.74) is 4.03. The number of hydrogen-bond donors (Lipinski definition) is 0. The van der Waals surface area contributed by atoms with Gasteiger partial charge in [0.15, 0.2) is 0 Å². The van der Waals surface area contributed by atoms with Crippen LogP contribution in [0.5, 0.6) is 0 Å². The first-order valence-corrected chi connectivity index (χ1v) is 30.9. The van der Waals surface area contributed by atoms with Crippen LogP contribution in [0, 0.1) is 0 Å². The maximum atomic E-state index is 7.44. The maximum Gasteiger partial charge on any atom is 0.241 e. The average Bonchev–Trinajstić information content (AvgIpc) is 2.59. The first-order chi connectivity index (χ1) is 14.4. The second-order valence-corrected chi connectivity index (χ2v) is 57.8. The summed E-state index contributed by atoms with van der Waals surface area (Å²) in [6.45, 7) is 29.1. The highest BCUT2D eigenvalue weighted by Crippen LogP contribution is 2.47. The molecule has 0 aromatic heterocycles. The molecule has 0 amide bonds. The van der Waals surface area contributed by atoms with E-state index >= 15 is 0 Å². The summed E-state index contributed by atoms with van der Waals surface area (Å²) < 4.78 is 7.44. The molecule has 6 heteroatoms. The van der Waals surface area contributed by atoms with Crippen LogP contribution in [0.25, 0.3) is 5.57 Å². The molecule has 0 aliphatic heterocycles. The third kappa shape index (κ3) is 5.41. The van der Waals surface area contributed by atoms with Gasteiger partial charge in [0, 0.05) is 28.3 Å². The molecule has 0 radical (unpaired) electrons. The Morgan fingerprint density at radius 1 is 0.500 bits per heavy atom. The minimum Gasteiger partial charge on any atom is -0.551 e. The molecule has 0 unspecified atom stereocenters. The van der Waals surface area contributed by atoms with Crippen molar-refractivity contribution in [3.8, 4) is 0 Å². The quantitative estimate of drug-likeness (QED) is 0.253. The highest BCUT2D eigenvalue weighted by atomic mass is 29.9. The summed E-state index contributed by atoms with van der Waals surface area (Å²) in [6.07, 6.45) is 0. The Morgan fingerprint density at radius 2 is 0.812 bits per heavy atom. The second-order valence-electron chi connectivity index (χ2n) is 13.2. The first kappa shape index (κ1) is 27.3. The molecule has 1 nitrogen and oxygen atoms in total. The van der Waals surface area contributed by atoms with Crippen molar-refractivity contribution < 1.29 is 4.43 Å². The number of rotatable bonds is 8. The molecule has 176 valence electrons. The zero-order valence-corrected chi connectivity index (χ0v) is 27.7. The molecule has 0 heterocycles. The summed E-state index contributed by atoms with van der Waals surface area (Å²) in [4.78, 5) is 0. The molecule has 2 aromatic carbocycles.